The van der Waals surface area contributed by atoms with Gasteiger partial charge in [0.25, 0.3) is 0 Å². The van der Waals surface area contributed by atoms with E-state index in [1.54, 1.807) is 13.0 Å². The summed E-state index contributed by atoms with van der Waals surface area (Å²) in [6, 6.07) is 2.16. The minimum atomic E-state index is -0.335. The zero-order valence-electron chi connectivity index (χ0n) is 12.1. The number of aryl methyl sites for hydroxylation is 1. The van der Waals surface area contributed by atoms with Gasteiger partial charge in [0, 0.05) is 19.1 Å². The number of likely N-dealkylation sites (tertiary alicyclic amines) is 1. The van der Waals surface area contributed by atoms with E-state index in [1.165, 1.54) is 13.5 Å². The van der Waals surface area contributed by atoms with Crippen LogP contribution in [0.25, 0.3) is 0 Å². The van der Waals surface area contributed by atoms with Gasteiger partial charge >= 0.3 is 5.97 Å². The highest BCUT2D eigenvalue weighted by atomic mass is 16.5. The predicted molar refractivity (Wildman–Crippen MR) is 74.3 cm³/mol. The Hall–Kier alpha value is -1.33. The van der Waals surface area contributed by atoms with Crippen molar-refractivity contribution < 1.29 is 13.9 Å². The van der Waals surface area contributed by atoms with Crippen molar-refractivity contribution in [3.8, 4) is 0 Å². The number of carbonyl (C=O) groups excluding carboxylic acids is 1. The molecule has 1 saturated carbocycles. The number of esters is 1. The molecule has 3 atom stereocenters. The Bertz CT molecular complexity index is 511. The average Bonchev–Trinajstić information content (AvgIpc) is 3.07. The second-order valence-corrected chi connectivity index (χ2v) is 6.03. The van der Waals surface area contributed by atoms with Crippen molar-refractivity contribution in [2.24, 2.45) is 17.6 Å². The van der Waals surface area contributed by atoms with Gasteiger partial charge in [-0.1, -0.05) is 0 Å². The SMILES string of the molecule is COC(=O)c1cc(CN2CC3CCC(N)C3C2)oc1C. The summed E-state index contributed by atoms with van der Waals surface area (Å²) in [5.74, 6) is 2.49. The number of fused-ring (bicyclic) bond motifs is 1. The molecule has 0 aromatic carbocycles. The van der Waals surface area contributed by atoms with Gasteiger partial charge in [0.15, 0.2) is 0 Å². The molecule has 1 saturated heterocycles. The quantitative estimate of drug-likeness (QED) is 0.849. The van der Waals surface area contributed by atoms with Crippen molar-refractivity contribution in [2.45, 2.75) is 32.4 Å². The molecule has 1 aliphatic carbocycles. The zero-order chi connectivity index (χ0) is 14.3. The van der Waals surface area contributed by atoms with Crippen LogP contribution < -0.4 is 5.73 Å². The van der Waals surface area contributed by atoms with Crippen LogP contribution in [0.15, 0.2) is 10.5 Å². The lowest BCUT2D eigenvalue weighted by Crippen LogP contribution is -2.30. The molecule has 0 radical (unpaired) electrons. The number of rotatable bonds is 3. The molecule has 0 spiro atoms. The van der Waals surface area contributed by atoms with Gasteiger partial charge in [-0.05, 0) is 37.7 Å². The molecule has 2 fully saturated rings. The summed E-state index contributed by atoms with van der Waals surface area (Å²) < 4.78 is 10.4. The number of nitrogens with zero attached hydrogens (tertiary/aromatic N) is 1. The molecular formula is C15H22N2O3. The number of hydrogen-bond donors (Lipinski definition) is 1. The molecule has 5 nitrogen and oxygen atoms in total. The molecule has 0 amide bonds. The minimum absolute atomic E-state index is 0.335. The number of hydrogen-bond acceptors (Lipinski definition) is 5. The third-order valence-corrected chi connectivity index (χ3v) is 4.74. The van der Waals surface area contributed by atoms with E-state index in [4.69, 9.17) is 14.9 Å². The Balaban J connectivity index is 1.66. The fourth-order valence-electron chi connectivity index (χ4n) is 3.68. The second-order valence-electron chi connectivity index (χ2n) is 6.03. The fourth-order valence-corrected chi connectivity index (χ4v) is 3.68. The summed E-state index contributed by atoms with van der Waals surface area (Å²) >= 11 is 0. The van der Waals surface area contributed by atoms with E-state index in [-0.39, 0.29) is 5.97 Å². The lowest BCUT2D eigenvalue weighted by Gasteiger charge is -2.16. The van der Waals surface area contributed by atoms with E-state index >= 15 is 0 Å². The third kappa shape index (κ3) is 2.36. The molecule has 0 bridgehead atoms. The van der Waals surface area contributed by atoms with Crippen LogP contribution in [-0.2, 0) is 11.3 Å². The van der Waals surface area contributed by atoms with Crippen LogP contribution in [0.1, 0.15) is 34.7 Å². The highest BCUT2D eigenvalue weighted by Gasteiger charge is 2.41. The maximum absolute atomic E-state index is 11.6. The van der Waals surface area contributed by atoms with Crippen LogP contribution in [0, 0.1) is 18.8 Å². The first kappa shape index (κ1) is 13.6. The van der Waals surface area contributed by atoms with E-state index in [2.05, 4.69) is 4.90 Å². The van der Waals surface area contributed by atoms with E-state index in [0.29, 0.717) is 23.3 Å². The number of ether oxygens (including phenoxy) is 1. The Morgan fingerprint density at radius 3 is 3.00 bits per heavy atom. The van der Waals surface area contributed by atoms with E-state index in [0.717, 1.165) is 37.7 Å². The van der Waals surface area contributed by atoms with Gasteiger partial charge in [-0.25, -0.2) is 4.79 Å². The molecule has 2 N–H and O–H groups in total. The first-order valence-corrected chi connectivity index (χ1v) is 7.24. The highest BCUT2D eigenvalue weighted by Crippen LogP contribution is 2.37. The zero-order valence-corrected chi connectivity index (χ0v) is 12.1. The monoisotopic (exact) mass is 278 g/mol. The van der Waals surface area contributed by atoms with Gasteiger partial charge in [0.1, 0.15) is 17.1 Å². The van der Waals surface area contributed by atoms with Crippen LogP contribution in [0.2, 0.25) is 0 Å². The molecule has 2 heterocycles. The van der Waals surface area contributed by atoms with Gasteiger partial charge in [0.05, 0.1) is 13.7 Å². The van der Waals surface area contributed by atoms with Gasteiger partial charge in [-0.15, -0.1) is 0 Å². The highest BCUT2D eigenvalue weighted by molar-refractivity contribution is 5.90. The third-order valence-electron chi connectivity index (χ3n) is 4.74. The Kier molecular flexibility index (Phi) is 3.56. The summed E-state index contributed by atoms with van der Waals surface area (Å²) in [6.07, 6.45) is 2.41. The molecule has 1 aliphatic heterocycles. The molecule has 2 aliphatic rings. The number of nitrogens with two attached hydrogens (primary N) is 1. The smallest absolute Gasteiger partial charge is 0.341 e. The molecule has 1 aromatic heterocycles. The summed E-state index contributed by atoms with van der Waals surface area (Å²) in [7, 11) is 1.39. The number of methoxy groups -OCH3 is 1. The number of furan rings is 1. The van der Waals surface area contributed by atoms with Gasteiger partial charge in [0.2, 0.25) is 0 Å². The standard InChI is InChI=1S/C15H22N2O3/c1-9-12(15(18)19-2)5-11(20-9)7-17-6-10-3-4-14(16)13(10)8-17/h5,10,13-14H,3-4,6-8,16H2,1-2H3. The number of carbonyl (C=O) groups is 1. The van der Waals surface area contributed by atoms with Crippen LogP contribution in [0.5, 0.6) is 0 Å². The van der Waals surface area contributed by atoms with Crippen molar-refractivity contribution in [3.63, 3.8) is 0 Å². The molecular weight excluding hydrogens is 256 g/mol. The largest absolute Gasteiger partial charge is 0.465 e. The summed E-state index contributed by atoms with van der Waals surface area (Å²) in [4.78, 5) is 14.0. The maximum Gasteiger partial charge on any atom is 0.341 e. The van der Waals surface area contributed by atoms with Crippen molar-refractivity contribution in [2.75, 3.05) is 20.2 Å². The van der Waals surface area contributed by atoms with Crippen LogP contribution in [0.4, 0.5) is 0 Å². The summed E-state index contributed by atoms with van der Waals surface area (Å²) in [6.45, 7) is 4.67. The van der Waals surface area contributed by atoms with Crippen LogP contribution in [-0.4, -0.2) is 37.1 Å². The Morgan fingerprint density at radius 2 is 2.30 bits per heavy atom. The minimum Gasteiger partial charge on any atom is -0.465 e. The first-order valence-electron chi connectivity index (χ1n) is 7.24. The Morgan fingerprint density at radius 1 is 1.50 bits per heavy atom. The van der Waals surface area contributed by atoms with Crippen LogP contribution in [0.3, 0.4) is 0 Å². The van der Waals surface area contributed by atoms with Crippen molar-refractivity contribution in [1.29, 1.82) is 0 Å². The fraction of sp³-hybridized carbons (Fsp3) is 0.667. The summed E-state index contributed by atoms with van der Waals surface area (Å²) in [5, 5.41) is 0. The average molecular weight is 278 g/mol. The lowest BCUT2D eigenvalue weighted by atomic mass is 9.98. The van der Waals surface area contributed by atoms with E-state index in [9.17, 15) is 4.79 Å². The predicted octanol–water partition coefficient (Wildman–Crippen LogP) is 1.54. The topological polar surface area (TPSA) is 68.7 Å². The van der Waals surface area contributed by atoms with Crippen molar-refractivity contribution in [3.05, 3.63) is 23.2 Å². The first-order chi connectivity index (χ1) is 9.58. The van der Waals surface area contributed by atoms with Crippen molar-refractivity contribution >= 4 is 5.97 Å². The Labute approximate surface area is 119 Å². The van der Waals surface area contributed by atoms with Crippen molar-refractivity contribution in [1.82, 2.24) is 4.90 Å². The van der Waals surface area contributed by atoms with Gasteiger partial charge < -0.3 is 14.9 Å². The second kappa shape index (κ2) is 5.22. The molecule has 110 valence electrons. The molecule has 1 aromatic rings. The molecule has 20 heavy (non-hydrogen) atoms. The van der Waals surface area contributed by atoms with Crippen LogP contribution >= 0.6 is 0 Å². The molecule has 3 rings (SSSR count). The molecule has 3 unspecified atom stereocenters. The lowest BCUT2D eigenvalue weighted by molar-refractivity contribution is 0.0599. The van der Waals surface area contributed by atoms with Gasteiger partial charge in [-0.3, -0.25) is 4.90 Å². The van der Waals surface area contributed by atoms with Gasteiger partial charge in [-0.2, -0.15) is 0 Å². The summed E-state index contributed by atoms with van der Waals surface area (Å²) in [5.41, 5.74) is 6.68. The molecule has 5 heteroatoms. The van der Waals surface area contributed by atoms with E-state index < -0.39 is 0 Å². The maximum atomic E-state index is 11.6. The normalized spacial score (nSPS) is 29.6. The van der Waals surface area contributed by atoms with E-state index in [1.807, 2.05) is 0 Å².